The maximum atomic E-state index is 11.1. The number of urea groups is 1. The molecule has 2 heterocycles. The SMILES string of the molecule is O=C1NCCN1c1ccccn1. The van der Waals surface area contributed by atoms with Crippen molar-refractivity contribution in [1.29, 1.82) is 0 Å². The minimum atomic E-state index is -0.0614. The predicted octanol–water partition coefficient (Wildman–Crippen LogP) is 0.611. The van der Waals surface area contributed by atoms with Gasteiger partial charge in [-0.2, -0.15) is 0 Å². The van der Waals surface area contributed by atoms with Gasteiger partial charge in [0, 0.05) is 19.3 Å². The zero-order valence-corrected chi connectivity index (χ0v) is 6.53. The molecule has 1 aliphatic heterocycles. The van der Waals surface area contributed by atoms with Gasteiger partial charge < -0.3 is 5.32 Å². The first-order valence-electron chi connectivity index (χ1n) is 3.84. The number of carbonyl (C=O) groups is 1. The standard InChI is InChI=1S/C8H9N3O/c12-8-10-5-6-11(8)7-3-1-2-4-9-7/h1-4H,5-6H2,(H,10,12). The third kappa shape index (κ3) is 1.11. The fraction of sp³-hybridized carbons (Fsp3) is 0.250. The Hall–Kier alpha value is -1.58. The van der Waals surface area contributed by atoms with Crippen molar-refractivity contribution < 1.29 is 4.79 Å². The summed E-state index contributed by atoms with van der Waals surface area (Å²) in [4.78, 5) is 16.9. The molecule has 1 aliphatic rings. The molecule has 4 nitrogen and oxygen atoms in total. The second-order valence-corrected chi connectivity index (χ2v) is 2.57. The number of nitrogens with zero attached hydrogens (tertiary/aromatic N) is 2. The lowest BCUT2D eigenvalue weighted by Gasteiger charge is -2.11. The molecule has 1 aromatic rings. The fourth-order valence-electron chi connectivity index (χ4n) is 1.20. The van der Waals surface area contributed by atoms with Crippen LogP contribution in [0.4, 0.5) is 10.6 Å². The molecule has 2 amide bonds. The van der Waals surface area contributed by atoms with Gasteiger partial charge in [0.2, 0.25) is 0 Å². The van der Waals surface area contributed by atoms with Gasteiger partial charge in [-0.1, -0.05) is 6.07 Å². The molecule has 4 heteroatoms. The lowest BCUT2D eigenvalue weighted by atomic mass is 10.4. The zero-order valence-electron chi connectivity index (χ0n) is 6.53. The number of hydrogen-bond acceptors (Lipinski definition) is 2. The number of hydrogen-bond donors (Lipinski definition) is 1. The topological polar surface area (TPSA) is 45.2 Å². The summed E-state index contributed by atoms with van der Waals surface area (Å²) >= 11 is 0. The van der Waals surface area contributed by atoms with E-state index in [4.69, 9.17) is 0 Å². The smallest absolute Gasteiger partial charge is 0.323 e. The molecule has 1 aromatic heterocycles. The first-order valence-corrected chi connectivity index (χ1v) is 3.84. The molecule has 0 spiro atoms. The number of carbonyl (C=O) groups excluding carboxylic acids is 1. The van der Waals surface area contributed by atoms with Crippen LogP contribution < -0.4 is 10.2 Å². The van der Waals surface area contributed by atoms with E-state index in [1.807, 2.05) is 18.2 Å². The molecule has 12 heavy (non-hydrogen) atoms. The summed E-state index contributed by atoms with van der Waals surface area (Å²) in [5.41, 5.74) is 0. The summed E-state index contributed by atoms with van der Waals surface area (Å²) in [7, 11) is 0. The second kappa shape index (κ2) is 2.81. The van der Waals surface area contributed by atoms with Gasteiger partial charge in [0.25, 0.3) is 0 Å². The number of aromatic nitrogens is 1. The number of amides is 2. The Balaban J connectivity index is 2.25. The van der Waals surface area contributed by atoms with Crippen LogP contribution in [0.15, 0.2) is 24.4 Å². The number of pyridine rings is 1. The molecular formula is C8H9N3O. The average molecular weight is 163 g/mol. The highest BCUT2D eigenvalue weighted by molar-refractivity contribution is 5.92. The molecule has 0 saturated carbocycles. The van der Waals surface area contributed by atoms with Gasteiger partial charge in [-0.25, -0.2) is 9.78 Å². The van der Waals surface area contributed by atoms with Crippen molar-refractivity contribution in [3.63, 3.8) is 0 Å². The Bertz CT molecular complexity index is 286. The molecule has 0 radical (unpaired) electrons. The van der Waals surface area contributed by atoms with E-state index in [0.29, 0.717) is 18.9 Å². The minimum absolute atomic E-state index is 0.0614. The van der Waals surface area contributed by atoms with Gasteiger partial charge in [-0.15, -0.1) is 0 Å². The molecule has 62 valence electrons. The van der Waals surface area contributed by atoms with Crippen LogP contribution in [-0.2, 0) is 0 Å². The molecule has 0 unspecified atom stereocenters. The Morgan fingerprint density at radius 2 is 2.42 bits per heavy atom. The average Bonchev–Trinajstić information content (AvgIpc) is 2.53. The van der Waals surface area contributed by atoms with E-state index < -0.39 is 0 Å². The monoisotopic (exact) mass is 163 g/mol. The highest BCUT2D eigenvalue weighted by Crippen LogP contribution is 2.10. The van der Waals surface area contributed by atoms with Gasteiger partial charge in [0.15, 0.2) is 0 Å². The van der Waals surface area contributed by atoms with Crippen LogP contribution in [0.5, 0.6) is 0 Å². The third-order valence-electron chi connectivity index (χ3n) is 1.78. The summed E-state index contributed by atoms with van der Waals surface area (Å²) < 4.78 is 0. The molecule has 0 aliphatic carbocycles. The van der Waals surface area contributed by atoms with E-state index >= 15 is 0 Å². The van der Waals surface area contributed by atoms with Crippen LogP contribution in [0.3, 0.4) is 0 Å². The first kappa shape index (κ1) is 7.09. The van der Waals surface area contributed by atoms with E-state index in [2.05, 4.69) is 10.3 Å². The minimum Gasteiger partial charge on any atom is -0.336 e. The molecular weight excluding hydrogens is 154 g/mol. The molecule has 0 atom stereocenters. The molecule has 1 N–H and O–H groups in total. The van der Waals surface area contributed by atoms with Crippen molar-refractivity contribution in [3.8, 4) is 0 Å². The van der Waals surface area contributed by atoms with Crippen LogP contribution in [-0.4, -0.2) is 24.1 Å². The van der Waals surface area contributed by atoms with Crippen molar-refractivity contribution in [2.45, 2.75) is 0 Å². The Morgan fingerprint density at radius 3 is 3.00 bits per heavy atom. The predicted molar refractivity (Wildman–Crippen MR) is 45.0 cm³/mol. The maximum absolute atomic E-state index is 11.1. The van der Waals surface area contributed by atoms with E-state index in [-0.39, 0.29) is 6.03 Å². The van der Waals surface area contributed by atoms with Gasteiger partial charge >= 0.3 is 6.03 Å². The Morgan fingerprint density at radius 1 is 1.50 bits per heavy atom. The highest BCUT2D eigenvalue weighted by Gasteiger charge is 2.21. The lowest BCUT2D eigenvalue weighted by molar-refractivity contribution is 0.252. The summed E-state index contributed by atoms with van der Waals surface area (Å²) in [6, 6.07) is 5.46. The van der Waals surface area contributed by atoms with Gasteiger partial charge in [-0.3, -0.25) is 4.90 Å². The molecule has 0 bridgehead atoms. The van der Waals surface area contributed by atoms with E-state index in [1.165, 1.54) is 0 Å². The summed E-state index contributed by atoms with van der Waals surface area (Å²) in [5.74, 6) is 0.715. The van der Waals surface area contributed by atoms with Crippen LogP contribution in [0.1, 0.15) is 0 Å². The third-order valence-corrected chi connectivity index (χ3v) is 1.78. The van der Waals surface area contributed by atoms with Crippen LogP contribution in [0, 0.1) is 0 Å². The van der Waals surface area contributed by atoms with Gasteiger partial charge in [0.1, 0.15) is 5.82 Å². The maximum Gasteiger partial charge on any atom is 0.323 e. The molecule has 1 fully saturated rings. The van der Waals surface area contributed by atoms with Crippen molar-refractivity contribution >= 4 is 11.8 Å². The first-order chi connectivity index (χ1) is 5.88. The van der Waals surface area contributed by atoms with Crippen molar-refractivity contribution in [2.75, 3.05) is 18.0 Å². The van der Waals surface area contributed by atoms with Gasteiger partial charge in [0.05, 0.1) is 0 Å². The lowest BCUT2D eigenvalue weighted by Crippen LogP contribution is -2.28. The van der Waals surface area contributed by atoms with E-state index in [9.17, 15) is 4.79 Å². The van der Waals surface area contributed by atoms with Crippen LogP contribution in [0.25, 0.3) is 0 Å². The van der Waals surface area contributed by atoms with Gasteiger partial charge in [-0.05, 0) is 12.1 Å². The number of anilines is 1. The van der Waals surface area contributed by atoms with E-state index in [0.717, 1.165) is 0 Å². The number of nitrogens with one attached hydrogen (secondary N) is 1. The highest BCUT2D eigenvalue weighted by atomic mass is 16.2. The largest absolute Gasteiger partial charge is 0.336 e. The summed E-state index contributed by atoms with van der Waals surface area (Å²) in [6.07, 6.45) is 1.68. The fourth-order valence-corrected chi connectivity index (χ4v) is 1.20. The van der Waals surface area contributed by atoms with Crippen molar-refractivity contribution in [3.05, 3.63) is 24.4 Å². The normalized spacial score (nSPS) is 16.3. The van der Waals surface area contributed by atoms with Crippen LogP contribution >= 0.6 is 0 Å². The molecule has 0 aromatic carbocycles. The summed E-state index contributed by atoms with van der Waals surface area (Å²) in [6.45, 7) is 1.41. The van der Waals surface area contributed by atoms with E-state index in [1.54, 1.807) is 11.1 Å². The second-order valence-electron chi connectivity index (χ2n) is 2.57. The molecule has 1 saturated heterocycles. The van der Waals surface area contributed by atoms with Crippen molar-refractivity contribution in [2.24, 2.45) is 0 Å². The van der Waals surface area contributed by atoms with Crippen molar-refractivity contribution in [1.82, 2.24) is 10.3 Å². The molecule has 2 rings (SSSR count). The zero-order chi connectivity index (χ0) is 8.39. The number of rotatable bonds is 1. The summed E-state index contributed by atoms with van der Waals surface area (Å²) in [5, 5.41) is 2.72. The Kier molecular flexibility index (Phi) is 1.66. The Labute approximate surface area is 70.2 Å². The van der Waals surface area contributed by atoms with Crippen LogP contribution in [0.2, 0.25) is 0 Å². The quantitative estimate of drug-likeness (QED) is 0.659.